The first-order valence-corrected chi connectivity index (χ1v) is 6.94. The van der Waals surface area contributed by atoms with Gasteiger partial charge in [-0.2, -0.15) is 0 Å². The van der Waals surface area contributed by atoms with Crippen molar-refractivity contribution in [2.75, 3.05) is 0 Å². The fourth-order valence-corrected chi connectivity index (χ4v) is 2.68. The Morgan fingerprint density at radius 3 is 2.61 bits per heavy atom. The Balaban J connectivity index is 2.22. The summed E-state index contributed by atoms with van der Waals surface area (Å²) in [4.78, 5) is 0. The van der Waals surface area contributed by atoms with Crippen LogP contribution in [0.3, 0.4) is 0 Å². The predicted molar refractivity (Wildman–Crippen MR) is 77.6 cm³/mol. The van der Waals surface area contributed by atoms with E-state index in [0.29, 0.717) is 10.9 Å². The van der Waals surface area contributed by atoms with Gasteiger partial charge in [-0.15, -0.1) is 11.6 Å². The van der Waals surface area contributed by atoms with Gasteiger partial charge in [0.1, 0.15) is 5.82 Å². The van der Waals surface area contributed by atoms with Crippen LogP contribution in [0, 0.1) is 12.7 Å². The maximum absolute atomic E-state index is 13.3. The van der Waals surface area contributed by atoms with Crippen molar-refractivity contribution in [2.24, 2.45) is 0 Å². The lowest BCUT2D eigenvalue weighted by Gasteiger charge is -2.12. The Morgan fingerprint density at radius 1 is 1.22 bits per heavy atom. The van der Waals surface area contributed by atoms with Gasteiger partial charge in [0.25, 0.3) is 0 Å². The van der Waals surface area contributed by atoms with Gasteiger partial charge in [0.05, 0.1) is 5.38 Å². The fourth-order valence-electron chi connectivity index (χ4n) is 1.91. The van der Waals surface area contributed by atoms with Gasteiger partial charge in [0.15, 0.2) is 0 Å². The van der Waals surface area contributed by atoms with Gasteiger partial charge in [-0.3, -0.25) is 0 Å². The second-order valence-electron chi connectivity index (χ2n) is 4.30. The normalized spacial score (nSPS) is 12.4. The molecule has 0 fully saturated rings. The molecule has 18 heavy (non-hydrogen) atoms. The van der Waals surface area contributed by atoms with Crippen LogP contribution >= 0.6 is 27.5 Å². The quantitative estimate of drug-likeness (QED) is 0.660. The minimum Gasteiger partial charge on any atom is -0.207 e. The highest BCUT2D eigenvalue weighted by atomic mass is 79.9. The van der Waals surface area contributed by atoms with Gasteiger partial charge >= 0.3 is 0 Å². The summed E-state index contributed by atoms with van der Waals surface area (Å²) in [6.45, 7) is 2.06. The molecule has 94 valence electrons. The third-order valence-corrected chi connectivity index (χ3v) is 3.77. The Morgan fingerprint density at radius 2 is 1.94 bits per heavy atom. The van der Waals surface area contributed by atoms with Gasteiger partial charge in [0.2, 0.25) is 0 Å². The maximum atomic E-state index is 13.3. The molecule has 0 amide bonds. The van der Waals surface area contributed by atoms with Crippen LogP contribution < -0.4 is 0 Å². The van der Waals surface area contributed by atoms with Gasteiger partial charge in [-0.25, -0.2) is 4.39 Å². The Labute approximate surface area is 120 Å². The van der Waals surface area contributed by atoms with Gasteiger partial charge in [-0.05, 0) is 48.2 Å². The van der Waals surface area contributed by atoms with E-state index in [1.54, 1.807) is 0 Å². The molecule has 0 aromatic heterocycles. The minimum absolute atomic E-state index is 0.224. The number of rotatable bonds is 3. The van der Waals surface area contributed by atoms with E-state index >= 15 is 0 Å². The highest BCUT2D eigenvalue weighted by Crippen LogP contribution is 2.29. The zero-order valence-electron chi connectivity index (χ0n) is 9.96. The smallest absolute Gasteiger partial charge is 0.124 e. The summed E-state index contributed by atoms with van der Waals surface area (Å²) in [5.41, 5.74) is 3.20. The topological polar surface area (TPSA) is 0 Å². The van der Waals surface area contributed by atoms with E-state index in [1.165, 1.54) is 23.3 Å². The van der Waals surface area contributed by atoms with E-state index in [9.17, 15) is 4.39 Å². The van der Waals surface area contributed by atoms with Crippen molar-refractivity contribution in [3.05, 3.63) is 69.4 Å². The lowest BCUT2D eigenvalue weighted by Crippen LogP contribution is -1.98. The van der Waals surface area contributed by atoms with Crippen LogP contribution in [-0.4, -0.2) is 0 Å². The SMILES string of the molecule is Cc1ccccc1CC(Cl)c1cc(F)cc(Br)c1. The van der Waals surface area contributed by atoms with Crippen molar-refractivity contribution in [2.45, 2.75) is 18.7 Å². The molecule has 3 heteroatoms. The molecule has 0 saturated carbocycles. The zero-order chi connectivity index (χ0) is 13.1. The third-order valence-electron chi connectivity index (χ3n) is 2.91. The largest absolute Gasteiger partial charge is 0.207 e. The van der Waals surface area contributed by atoms with Crippen LogP contribution in [0.2, 0.25) is 0 Å². The molecule has 0 N–H and O–H groups in total. The number of aryl methyl sites for hydroxylation is 1. The molecule has 1 atom stereocenters. The molecule has 0 nitrogen and oxygen atoms in total. The number of alkyl halides is 1. The van der Waals surface area contributed by atoms with E-state index in [0.717, 1.165) is 5.56 Å². The van der Waals surface area contributed by atoms with E-state index in [1.807, 2.05) is 18.2 Å². The molecule has 0 heterocycles. The molecular formula is C15H13BrClF. The Hall–Kier alpha value is -0.860. The average molecular weight is 328 g/mol. The Kier molecular flexibility index (Phi) is 4.41. The van der Waals surface area contributed by atoms with E-state index in [4.69, 9.17) is 11.6 Å². The monoisotopic (exact) mass is 326 g/mol. The van der Waals surface area contributed by atoms with E-state index in [2.05, 4.69) is 35.0 Å². The summed E-state index contributed by atoms with van der Waals surface area (Å²) < 4.78 is 14.0. The molecule has 0 radical (unpaired) electrons. The standard InChI is InChI=1S/C15H13BrClF/c1-10-4-2-3-5-11(10)8-15(17)12-6-13(16)9-14(18)7-12/h2-7,9,15H,8H2,1H3. The first-order valence-electron chi connectivity index (χ1n) is 5.71. The molecule has 2 aromatic carbocycles. The molecule has 1 unspecified atom stereocenters. The number of hydrogen-bond donors (Lipinski definition) is 0. The summed E-state index contributed by atoms with van der Waals surface area (Å²) in [6, 6.07) is 12.9. The molecule has 0 bridgehead atoms. The Bertz CT molecular complexity index is 534. The first-order chi connectivity index (χ1) is 8.56. The van der Waals surface area contributed by atoms with Crippen molar-refractivity contribution in [1.29, 1.82) is 0 Å². The molecule has 0 saturated heterocycles. The minimum atomic E-state index is -0.269. The summed E-state index contributed by atoms with van der Waals surface area (Å²) in [6.07, 6.45) is 0.699. The highest BCUT2D eigenvalue weighted by Gasteiger charge is 2.12. The number of hydrogen-bond acceptors (Lipinski definition) is 0. The maximum Gasteiger partial charge on any atom is 0.124 e. The molecule has 2 rings (SSSR count). The van der Waals surface area contributed by atoms with Gasteiger partial charge in [-0.1, -0.05) is 40.2 Å². The number of benzene rings is 2. The van der Waals surface area contributed by atoms with Crippen LogP contribution in [0.25, 0.3) is 0 Å². The molecule has 0 aliphatic rings. The second kappa shape index (κ2) is 5.85. The summed E-state index contributed by atoms with van der Waals surface area (Å²) in [7, 11) is 0. The molecule has 0 spiro atoms. The lowest BCUT2D eigenvalue weighted by atomic mass is 10.0. The molecule has 0 aliphatic carbocycles. The van der Waals surface area contributed by atoms with E-state index < -0.39 is 0 Å². The van der Waals surface area contributed by atoms with Crippen molar-refractivity contribution < 1.29 is 4.39 Å². The van der Waals surface area contributed by atoms with Crippen molar-refractivity contribution in [1.82, 2.24) is 0 Å². The lowest BCUT2D eigenvalue weighted by molar-refractivity contribution is 0.623. The van der Waals surface area contributed by atoms with Crippen LogP contribution in [-0.2, 0) is 6.42 Å². The van der Waals surface area contributed by atoms with Crippen molar-refractivity contribution >= 4 is 27.5 Å². The number of halogens is 3. The van der Waals surface area contributed by atoms with Gasteiger partial charge < -0.3 is 0 Å². The highest BCUT2D eigenvalue weighted by molar-refractivity contribution is 9.10. The van der Waals surface area contributed by atoms with Crippen LogP contribution in [0.4, 0.5) is 4.39 Å². The average Bonchev–Trinajstić information content (AvgIpc) is 2.31. The summed E-state index contributed by atoms with van der Waals surface area (Å²) in [5.74, 6) is -0.269. The summed E-state index contributed by atoms with van der Waals surface area (Å²) >= 11 is 9.65. The zero-order valence-corrected chi connectivity index (χ0v) is 12.3. The van der Waals surface area contributed by atoms with E-state index in [-0.39, 0.29) is 11.2 Å². The summed E-state index contributed by atoms with van der Waals surface area (Å²) in [5, 5.41) is -0.224. The third kappa shape index (κ3) is 3.33. The first kappa shape index (κ1) is 13.6. The molecule has 2 aromatic rings. The molecule has 0 aliphatic heterocycles. The van der Waals surface area contributed by atoms with Crippen molar-refractivity contribution in [3.63, 3.8) is 0 Å². The second-order valence-corrected chi connectivity index (χ2v) is 5.74. The van der Waals surface area contributed by atoms with Crippen LogP contribution in [0.5, 0.6) is 0 Å². The van der Waals surface area contributed by atoms with Crippen molar-refractivity contribution in [3.8, 4) is 0 Å². The predicted octanol–water partition coefficient (Wildman–Crippen LogP) is 5.42. The van der Waals surface area contributed by atoms with Crippen LogP contribution in [0.1, 0.15) is 22.1 Å². The van der Waals surface area contributed by atoms with Crippen LogP contribution in [0.15, 0.2) is 46.9 Å². The molecular weight excluding hydrogens is 315 g/mol. The van der Waals surface area contributed by atoms with Gasteiger partial charge in [0, 0.05) is 4.47 Å². The fraction of sp³-hybridized carbons (Fsp3) is 0.200.